The zero-order valence-corrected chi connectivity index (χ0v) is 21.3. The molecule has 3 N–H and O–H groups in total. The van der Waals surface area contributed by atoms with Gasteiger partial charge in [-0.1, -0.05) is 30.1 Å². The predicted molar refractivity (Wildman–Crippen MR) is 115 cm³/mol. The van der Waals surface area contributed by atoms with E-state index < -0.39 is 31.0 Å². The summed E-state index contributed by atoms with van der Waals surface area (Å²) >= 11 is 36.6. The molecule has 0 aromatic heterocycles. The van der Waals surface area contributed by atoms with Gasteiger partial charge in [0.25, 0.3) is 0 Å². The molecule has 0 aliphatic heterocycles. The molecule has 2 unspecified atom stereocenters. The van der Waals surface area contributed by atoms with Crippen LogP contribution in [0.2, 0.25) is 0 Å². The van der Waals surface area contributed by atoms with E-state index in [2.05, 4.69) is 4.31 Å². The normalized spacial score (nSPS) is 17.9. The van der Waals surface area contributed by atoms with Crippen molar-refractivity contribution in [1.82, 2.24) is 0 Å². The molecule has 0 spiro atoms. The van der Waals surface area contributed by atoms with E-state index in [0.717, 1.165) is 0 Å². The van der Waals surface area contributed by atoms with Crippen LogP contribution in [0.4, 0.5) is 0 Å². The Hall–Kier alpha value is 2.00. The molecule has 170 valence electrons. The Morgan fingerprint density at radius 2 is 1.29 bits per heavy atom. The molecule has 0 amide bonds. The van der Waals surface area contributed by atoms with E-state index in [0.29, 0.717) is 25.1 Å². The molecule has 0 saturated carbocycles. The van der Waals surface area contributed by atoms with Gasteiger partial charge in [-0.05, 0) is 37.5 Å². The van der Waals surface area contributed by atoms with E-state index in [1.807, 2.05) is 0 Å². The zero-order valence-electron chi connectivity index (χ0n) is 15.0. The lowest BCUT2D eigenvalue weighted by atomic mass is 9.58. The molecule has 0 saturated heterocycles. The minimum absolute atomic E-state index is 0.0370. The Labute approximate surface area is 195 Å². The topological polar surface area (TPSA) is 113 Å². The van der Waals surface area contributed by atoms with E-state index in [-0.39, 0.29) is 30.5 Å². The molecule has 2 atom stereocenters. The Balaban J connectivity index is 6.34. The molecule has 28 heavy (non-hydrogen) atoms. The summed E-state index contributed by atoms with van der Waals surface area (Å²) in [5.74, 6) is 0.600. The molecule has 0 rings (SSSR count). The second-order valence-corrected chi connectivity index (χ2v) is 11.9. The van der Waals surface area contributed by atoms with Gasteiger partial charge in [-0.15, -0.1) is 46.4 Å². The highest BCUT2D eigenvalue weighted by atomic mass is 35.5. The van der Waals surface area contributed by atoms with Crippen molar-refractivity contribution in [2.75, 3.05) is 23.5 Å². The van der Waals surface area contributed by atoms with Gasteiger partial charge in [0.1, 0.15) is 0 Å². The van der Waals surface area contributed by atoms with Crippen LogP contribution in [0.15, 0.2) is 0 Å². The fourth-order valence-corrected chi connectivity index (χ4v) is 7.57. The molecule has 0 heterocycles. The second kappa shape index (κ2) is 12.3. The molecular formula is C13H24Cl6O7P2. The first-order valence-electron chi connectivity index (χ1n) is 8.08. The maximum Gasteiger partial charge on any atom is 0.483 e. The molecule has 0 radical (unpaired) electrons. The number of phosphoric ester groups is 1. The fourth-order valence-electron chi connectivity index (χ4n) is 3.35. The van der Waals surface area contributed by atoms with Gasteiger partial charge < -0.3 is 14.7 Å². The van der Waals surface area contributed by atoms with Crippen molar-refractivity contribution in [3.8, 4) is 0 Å². The summed E-state index contributed by atoms with van der Waals surface area (Å²) in [6, 6.07) is 0. The number of hydrogen-bond acceptors (Lipinski definition) is 4. The molecule has 0 aliphatic carbocycles. The third kappa shape index (κ3) is 8.50. The fraction of sp³-hybridized carbons (Fsp3) is 1.00. The summed E-state index contributed by atoms with van der Waals surface area (Å²) in [7, 11) is -10.7. The summed E-state index contributed by atoms with van der Waals surface area (Å²) in [6.45, 7) is 1.80. The molecule has 0 aromatic carbocycles. The van der Waals surface area contributed by atoms with Crippen LogP contribution in [0.5, 0.6) is 0 Å². The highest BCUT2D eigenvalue weighted by Gasteiger charge is 2.62. The lowest BCUT2D eigenvalue weighted by molar-refractivity contribution is -0.0638. The smallest absolute Gasteiger partial charge is 0.302 e. The maximum atomic E-state index is 12.1. The van der Waals surface area contributed by atoms with Crippen LogP contribution in [-0.2, 0) is 18.0 Å². The van der Waals surface area contributed by atoms with Crippen molar-refractivity contribution < 1.29 is 32.6 Å². The van der Waals surface area contributed by atoms with Crippen LogP contribution in [0.3, 0.4) is 0 Å². The standard InChI is InChI=1S/C13H24Cl6O7P2/c1-11(4-8-15,3-2-7-14)12(5-9-16,6-10-17)13(18,19)25-28(23,24)26-27(20,21)22/h2-10H2,1H3,(H,23,24)(H2,20,21,22). The molecule has 15 heteroatoms. The third-order valence-corrected chi connectivity index (χ3v) is 8.81. The van der Waals surface area contributed by atoms with Crippen molar-refractivity contribution in [2.24, 2.45) is 10.8 Å². The van der Waals surface area contributed by atoms with Gasteiger partial charge >= 0.3 is 15.6 Å². The Morgan fingerprint density at radius 1 is 0.821 bits per heavy atom. The quantitative estimate of drug-likeness (QED) is 0.159. The SMILES string of the molecule is CC(CCCl)(CCCCl)C(CCCl)(CCCl)C(Cl)(Cl)OP(=O)(O)OP(=O)(O)O. The summed E-state index contributed by atoms with van der Waals surface area (Å²) < 4.78 is 29.4. The largest absolute Gasteiger partial charge is 0.483 e. The van der Waals surface area contributed by atoms with Gasteiger partial charge in [-0.2, -0.15) is 4.31 Å². The Morgan fingerprint density at radius 3 is 1.64 bits per heavy atom. The number of phosphoric acid groups is 2. The van der Waals surface area contributed by atoms with Crippen LogP contribution >= 0.6 is 85.3 Å². The van der Waals surface area contributed by atoms with E-state index >= 15 is 0 Å². The summed E-state index contributed by atoms with van der Waals surface area (Å²) in [5, 5.41) is 0. The molecule has 0 aliphatic rings. The number of halogens is 6. The first-order chi connectivity index (χ1) is 12.7. The van der Waals surface area contributed by atoms with Gasteiger partial charge in [0.15, 0.2) is 0 Å². The van der Waals surface area contributed by atoms with Crippen LogP contribution < -0.4 is 0 Å². The molecule has 7 nitrogen and oxygen atoms in total. The van der Waals surface area contributed by atoms with E-state index in [4.69, 9.17) is 83.9 Å². The van der Waals surface area contributed by atoms with Crippen molar-refractivity contribution >= 4 is 85.3 Å². The number of alkyl halides is 6. The van der Waals surface area contributed by atoms with E-state index in [1.165, 1.54) is 0 Å². The lowest BCUT2D eigenvalue weighted by Gasteiger charge is -2.54. The van der Waals surface area contributed by atoms with Gasteiger partial charge in [-0.25, -0.2) is 13.7 Å². The van der Waals surface area contributed by atoms with Gasteiger partial charge in [0.05, 0.1) is 0 Å². The number of rotatable bonds is 15. The van der Waals surface area contributed by atoms with Gasteiger partial charge in [0.2, 0.25) is 4.52 Å². The van der Waals surface area contributed by atoms with E-state index in [9.17, 15) is 14.0 Å². The highest BCUT2D eigenvalue weighted by Crippen LogP contribution is 2.68. The summed E-state index contributed by atoms with van der Waals surface area (Å²) in [4.78, 5) is 27.5. The van der Waals surface area contributed by atoms with Crippen LogP contribution in [0.25, 0.3) is 0 Å². The highest BCUT2D eigenvalue weighted by molar-refractivity contribution is 7.60. The second-order valence-electron chi connectivity index (χ2n) is 6.40. The summed E-state index contributed by atoms with van der Waals surface area (Å²) in [5.41, 5.74) is -2.14. The number of hydrogen-bond donors (Lipinski definition) is 3. The van der Waals surface area contributed by atoms with Crippen molar-refractivity contribution in [1.29, 1.82) is 0 Å². The van der Waals surface area contributed by atoms with Gasteiger partial charge in [0, 0.05) is 28.9 Å². The van der Waals surface area contributed by atoms with Crippen molar-refractivity contribution in [3.05, 3.63) is 0 Å². The first-order valence-corrected chi connectivity index (χ1v) is 14.0. The summed E-state index contributed by atoms with van der Waals surface area (Å²) in [6.07, 6.45) is 1.55. The van der Waals surface area contributed by atoms with E-state index in [1.54, 1.807) is 6.92 Å². The molecule has 0 bridgehead atoms. The predicted octanol–water partition coefficient (Wildman–Crippen LogP) is 6.24. The Bertz CT molecular complexity index is 570. The van der Waals surface area contributed by atoms with Crippen LogP contribution in [0.1, 0.15) is 39.0 Å². The van der Waals surface area contributed by atoms with Crippen LogP contribution in [-0.4, -0.2) is 42.7 Å². The maximum absolute atomic E-state index is 12.1. The third-order valence-electron chi connectivity index (χ3n) is 4.70. The monoisotopic (exact) mass is 564 g/mol. The van der Waals surface area contributed by atoms with Crippen molar-refractivity contribution in [2.45, 2.75) is 43.5 Å². The first kappa shape index (κ1) is 30.0. The Kier molecular flexibility index (Phi) is 13.2. The van der Waals surface area contributed by atoms with Gasteiger partial charge in [-0.3, -0.25) is 0 Å². The molecular weight excluding hydrogens is 543 g/mol. The molecule has 0 aromatic rings. The van der Waals surface area contributed by atoms with Crippen LogP contribution in [0, 0.1) is 10.8 Å². The lowest BCUT2D eigenvalue weighted by Crippen LogP contribution is -2.53. The average Bonchev–Trinajstić information content (AvgIpc) is 2.49. The zero-order chi connectivity index (χ0) is 22.3. The van der Waals surface area contributed by atoms with Crippen molar-refractivity contribution in [3.63, 3.8) is 0 Å². The minimum Gasteiger partial charge on any atom is -0.302 e. The average molecular weight is 567 g/mol. The molecule has 0 fully saturated rings. The minimum atomic E-state index is -5.37.